The number of nitrogens with one attached hydrogen (secondary N) is 1. The number of hydrazone groups is 1. The maximum atomic E-state index is 11.4. The second-order valence-corrected chi connectivity index (χ2v) is 4.10. The monoisotopic (exact) mass is 248 g/mol. The molecule has 18 heavy (non-hydrogen) atoms. The highest BCUT2D eigenvalue weighted by atomic mass is 16.3. The molecule has 0 fully saturated rings. The van der Waals surface area contributed by atoms with Crippen molar-refractivity contribution < 1.29 is 9.90 Å². The number of unbranched alkanes of at least 4 members (excludes halogenated alkanes) is 1. The van der Waals surface area contributed by atoms with E-state index in [1.807, 2.05) is 13.8 Å². The standard InChI is InChI=1S/C14H20N2O2/c1-3-5-6-14(18)16-15-13(4-2)11-7-9-12(17)10-8-11/h7-10,17H,3-6H2,1-2H3,(H,16,18). The number of amides is 1. The lowest BCUT2D eigenvalue weighted by Gasteiger charge is -2.05. The van der Waals surface area contributed by atoms with Gasteiger partial charge in [0.15, 0.2) is 0 Å². The fourth-order valence-corrected chi connectivity index (χ4v) is 1.52. The maximum Gasteiger partial charge on any atom is 0.240 e. The molecule has 0 aliphatic carbocycles. The summed E-state index contributed by atoms with van der Waals surface area (Å²) < 4.78 is 0. The molecular formula is C14H20N2O2. The minimum Gasteiger partial charge on any atom is -0.508 e. The Bertz CT molecular complexity index is 410. The first kappa shape index (κ1) is 14.2. The predicted octanol–water partition coefficient (Wildman–Crippen LogP) is 2.81. The van der Waals surface area contributed by atoms with Gasteiger partial charge in [-0.3, -0.25) is 4.79 Å². The van der Waals surface area contributed by atoms with Gasteiger partial charge in [0.2, 0.25) is 5.91 Å². The van der Waals surface area contributed by atoms with Crippen LogP contribution in [0, 0.1) is 0 Å². The van der Waals surface area contributed by atoms with E-state index in [9.17, 15) is 9.90 Å². The number of benzene rings is 1. The molecular weight excluding hydrogens is 228 g/mol. The molecule has 98 valence electrons. The van der Waals surface area contributed by atoms with E-state index in [0.717, 1.165) is 30.5 Å². The summed E-state index contributed by atoms with van der Waals surface area (Å²) in [7, 11) is 0. The quantitative estimate of drug-likeness (QED) is 0.600. The average Bonchev–Trinajstić information content (AvgIpc) is 2.39. The van der Waals surface area contributed by atoms with E-state index in [-0.39, 0.29) is 11.7 Å². The largest absolute Gasteiger partial charge is 0.508 e. The van der Waals surface area contributed by atoms with E-state index in [4.69, 9.17) is 0 Å². The summed E-state index contributed by atoms with van der Waals surface area (Å²) in [4.78, 5) is 11.4. The highest BCUT2D eigenvalue weighted by Crippen LogP contribution is 2.11. The molecule has 2 N–H and O–H groups in total. The first-order valence-electron chi connectivity index (χ1n) is 6.32. The molecule has 0 aromatic heterocycles. The van der Waals surface area contributed by atoms with Crippen molar-refractivity contribution in [3.63, 3.8) is 0 Å². The molecule has 1 aromatic carbocycles. The lowest BCUT2D eigenvalue weighted by atomic mass is 10.1. The topological polar surface area (TPSA) is 61.7 Å². The number of carbonyl (C=O) groups excluding carboxylic acids is 1. The highest BCUT2D eigenvalue weighted by Gasteiger charge is 2.03. The molecule has 0 bridgehead atoms. The zero-order valence-corrected chi connectivity index (χ0v) is 10.9. The molecule has 0 spiro atoms. The van der Waals surface area contributed by atoms with Crippen molar-refractivity contribution in [1.82, 2.24) is 5.43 Å². The summed E-state index contributed by atoms with van der Waals surface area (Å²) in [6.07, 6.45) is 3.10. The summed E-state index contributed by atoms with van der Waals surface area (Å²) in [6.45, 7) is 4.02. The van der Waals surface area contributed by atoms with Gasteiger partial charge in [-0.2, -0.15) is 5.10 Å². The van der Waals surface area contributed by atoms with Crippen molar-refractivity contribution in [1.29, 1.82) is 0 Å². The third-order valence-electron chi connectivity index (χ3n) is 2.61. The third kappa shape index (κ3) is 4.57. The Morgan fingerprint density at radius 3 is 2.50 bits per heavy atom. The number of phenolic OH excluding ortho intramolecular Hbond substituents is 1. The van der Waals surface area contributed by atoms with Crippen LogP contribution in [0.25, 0.3) is 0 Å². The summed E-state index contributed by atoms with van der Waals surface area (Å²) in [6, 6.07) is 6.80. The van der Waals surface area contributed by atoms with Crippen LogP contribution in [0.3, 0.4) is 0 Å². The Kier molecular flexibility index (Phi) is 5.91. The Morgan fingerprint density at radius 1 is 1.28 bits per heavy atom. The van der Waals surface area contributed by atoms with E-state index in [0.29, 0.717) is 6.42 Å². The Balaban J connectivity index is 2.65. The number of hydrogen-bond acceptors (Lipinski definition) is 3. The highest BCUT2D eigenvalue weighted by molar-refractivity contribution is 6.00. The third-order valence-corrected chi connectivity index (χ3v) is 2.61. The van der Waals surface area contributed by atoms with Crippen molar-refractivity contribution in [2.75, 3.05) is 0 Å². The fraction of sp³-hybridized carbons (Fsp3) is 0.429. The number of rotatable bonds is 6. The maximum absolute atomic E-state index is 11.4. The van der Waals surface area contributed by atoms with Crippen LogP contribution in [0.5, 0.6) is 5.75 Å². The van der Waals surface area contributed by atoms with Gasteiger partial charge in [-0.25, -0.2) is 5.43 Å². The molecule has 0 saturated carbocycles. The van der Waals surface area contributed by atoms with E-state index >= 15 is 0 Å². The molecule has 1 aromatic rings. The van der Waals surface area contributed by atoms with Crippen molar-refractivity contribution in [3.8, 4) is 5.75 Å². The van der Waals surface area contributed by atoms with Gasteiger partial charge < -0.3 is 5.11 Å². The Hall–Kier alpha value is -1.84. The molecule has 0 aliphatic heterocycles. The lowest BCUT2D eigenvalue weighted by Crippen LogP contribution is -2.19. The van der Waals surface area contributed by atoms with Crippen LogP contribution in [-0.4, -0.2) is 16.7 Å². The van der Waals surface area contributed by atoms with Crippen molar-refractivity contribution in [3.05, 3.63) is 29.8 Å². The summed E-state index contributed by atoms with van der Waals surface area (Å²) in [5.74, 6) is 0.169. The van der Waals surface area contributed by atoms with Crippen LogP contribution in [0.1, 0.15) is 45.1 Å². The van der Waals surface area contributed by atoms with Crippen molar-refractivity contribution >= 4 is 11.6 Å². The smallest absolute Gasteiger partial charge is 0.240 e. The van der Waals surface area contributed by atoms with Gasteiger partial charge in [-0.15, -0.1) is 0 Å². The zero-order chi connectivity index (χ0) is 13.4. The molecule has 0 radical (unpaired) electrons. The SMILES string of the molecule is CCCCC(=O)NN=C(CC)c1ccc(O)cc1. The minimum absolute atomic E-state index is 0.0541. The van der Waals surface area contributed by atoms with Crippen LogP contribution < -0.4 is 5.43 Å². The van der Waals surface area contributed by atoms with Gasteiger partial charge in [-0.1, -0.05) is 20.3 Å². The molecule has 0 unspecified atom stereocenters. The first-order chi connectivity index (χ1) is 8.67. The van der Waals surface area contributed by atoms with Crippen LogP contribution in [-0.2, 0) is 4.79 Å². The fourth-order valence-electron chi connectivity index (χ4n) is 1.52. The normalized spacial score (nSPS) is 11.3. The Labute approximate surface area is 108 Å². The second kappa shape index (κ2) is 7.48. The lowest BCUT2D eigenvalue weighted by molar-refractivity contribution is -0.121. The van der Waals surface area contributed by atoms with Crippen LogP contribution >= 0.6 is 0 Å². The predicted molar refractivity (Wildman–Crippen MR) is 72.6 cm³/mol. The number of hydrogen-bond donors (Lipinski definition) is 2. The van der Waals surface area contributed by atoms with Gasteiger partial charge in [0.05, 0.1) is 5.71 Å². The average molecular weight is 248 g/mol. The number of nitrogens with zero attached hydrogens (tertiary/aromatic N) is 1. The molecule has 1 amide bonds. The number of aromatic hydroxyl groups is 1. The summed E-state index contributed by atoms with van der Waals surface area (Å²) in [5.41, 5.74) is 4.28. The van der Waals surface area contributed by atoms with Crippen LogP contribution in [0.4, 0.5) is 0 Å². The first-order valence-corrected chi connectivity index (χ1v) is 6.32. The summed E-state index contributed by atoms with van der Waals surface area (Å²) >= 11 is 0. The van der Waals surface area contributed by atoms with Gasteiger partial charge in [0.25, 0.3) is 0 Å². The van der Waals surface area contributed by atoms with Crippen LogP contribution in [0.15, 0.2) is 29.4 Å². The molecule has 1 rings (SSSR count). The van der Waals surface area contributed by atoms with E-state index in [1.54, 1.807) is 24.3 Å². The number of carbonyl (C=O) groups is 1. The number of phenols is 1. The summed E-state index contributed by atoms with van der Waals surface area (Å²) in [5, 5.41) is 13.3. The van der Waals surface area contributed by atoms with E-state index < -0.39 is 0 Å². The van der Waals surface area contributed by atoms with Crippen molar-refractivity contribution in [2.45, 2.75) is 39.5 Å². The molecule has 0 saturated heterocycles. The van der Waals surface area contributed by atoms with Crippen LogP contribution in [0.2, 0.25) is 0 Å². The van der Waals surface area contributed by atoms with Gasteiger partial charge in [0.1, 0.15) is 5.75 Å². The molecule has 4 nitrogen and oxygen atoms in total. The minimum atomic E-state index is -0.0541. The van der Waals surface area contributed by atoms with Gasteiger partial charge in [-0.05, 0) is 42.7 Å². The van der Waals surface area contributed by atoms with E-state index in [1.165, 1.54) is 0 Å². The van der Waals surface area contributed by atoms with E-state index in [2.05, 4.69) is 10.5 Å². The molecule has 0 atom stereocenters. The molecule has 0 aliphatic rings. The molecule has 0 heterocycles. The zero-order valence-electron chi connectivity index (χ0n) is 10.9. The van der Waals surface area contributed by atoms with Crippen molar-refractivity contribution in [2.24, 2.45) is 5.10 Å². The Morgan fingerprint density at radius 2 is 1.94 bits per heavy atom. The molecule has 4 heteroatoms. The second-order valence-electron chi connectivity index (χ2n) is 4.10. The van der Waals surface area contributed by atoms with Gasteiger partial charge in [0, 0.05) is 6.42 Å². The van der Waals surface area contributed by atoms with Gasteiger partial charge >= 0.3 is 0 Å².